The molecule has 1 aromatic carbocycles. The van der Waals surface area contributed by atoms with Crippen molar-refractivity contribution in [1.29, 1.82) is 0 Å². The second kappa shape index (κ2) is 11.1. The highest BCUT2D eigenvalue weighted by molar-refractivity contribution is 6.37. The number of aliphatic imine (C=N–C) groups is 1. The van der Waals surface area contributed by atoms with Gasteiger partial charge in [0.25, 0.3) is 5.91 Å². The minimum absolute atomic E-state index is 0.0146. The van der Waals surface area contributed by atoms with E-state index in [0.29, 0.717) is 59.7 Å². The van der Waals surface area contributed by atoms with Crippen LogP contribution in [-0.2, 0) is 16.2 Å². The number of halogens is 2. The highest BCUT2D eigenvalue weighted by atomic mass is 19.1. The number of hydrogen-bond donors (Lipinski definition) is 3. The van der Waals surface area contributed by atoms with E-state index in [4.69, 9.17) is 4.84 Å². The Labute approximate surface area is 241 Å². The van der Waals surface area contributed by atoms with Gasteiger partial charge in [0.05, 0.1) is 17.4 Å². The molecule has 3 N–H and O–H groups in total. The number of aromatic amines is 1. The molecule has 2 aliphatic heterocycles. The van der Waals surface area contributed by atoms with E-state index >= 15 is 4.39 Å². The number of amides is 1. The highest BCUT2D eigenvalue weighted by Crippen LogP contribution is 2.30. The molecule has 12 heteroatoms. The number of nitrogens with zero attached hydrogens (tertiary/aromatic N) is 5. The fraction of sp³-hybridized carbons (Fsp3) is 0.367. The number of carbonyl (C=O) groups excluding carboxylic acids is 1. The lowest BCUT2D eigenvalue weighted by atomic mass is 9.95. The number of anilines is 1. The van der Waals surface area contributed by atoms with Crippen molar-refractivity contribution in [1.82, 2.24) is 30.7 Å². The number of H-pyrrole nitrogens is 1. The van der Waals surface area contributed by atoms with Crippen LogP contribution in [0, 0.1) is 11.2 Å². The summed E-state index contributed by atoms with van der Waals surface area (Å²) in [5.41, 5.74) is 6.69. The molecular weight excluding hydrogens is 542 g/mol. The van der Waals surface area contributed by atoms with Gasteiger partial charge in [0.1, 0.15) is 17.7 Å². The number of nitrogens with one attached hydrogen (secondary N) is 3. The maximum Gasteiger partial charge on any atom is 0.288 e. The number of imidazole rings is 1. The van der Waals surface area contributed by atoms with Crippen LogP contribution in [0.2, 0.25) is 0 Å². The first-order chi connectivity index (χ1) is 20.2. The van der Waals surface area contributed by atoms with E-state index in [2.05, 4.69) is 40.6 Å². The summed E-state index contributed by atoms with van der Waals surface area (Å²) in [4.78, 5) is 41.1. The molecule has 5 heterocycles. The maximum absolute atomic E-state index is 15.2. The number of benzene rings is 1. The predicted octanol–water partition coefficient (Wildman–Crippen LogP) is 4.69. The van der Waals surface area contributed by atoms with E-state index in [1.807, 2.05) is 32.9 Å². The third kappa shape index (κ3) is 5.67. The zero-order chi connectivity index (χ0) is 29.4. The first-order valence-electron chi connectivity index (χ1n) is 13.9. The lowest BCUT2D eigenvalue weighted by Crippen LogP contribution is -2.37. The van der Waals surface area contributed by atoms with Crippen molar-refractivity contribution in [3.8, 4) is 22.6 Å². The summed E-state index contributed by atoms with van der Waals surface area (Å²) in [6, 6.07) is 10.5. The van der Waals surface area contributed by atoms with Crippen molar-refractivity contribution in [2.24, 2.45) is 10.4 Å². The average molecular weight is 575 g/mol. The Morgan fingerprint density at radius 1 is 1.14 bits per heavy atom. The van der Waals surface area contributed by atoms with Gasteiger partial charge in [-0.05, 0) is 42.7 Å². The van der Waals surface area contributed by atoms with Gasteiger partial charge in [0.15, 0.2) is 17.7 Å². The van der Waals surface area contributed by atoms with Crippen LogP contribution in [0.5, 0.6) is 0 Å². The number of carbonyl (C=O) groups is 1. The zero-order valence-electron chi connectivity index (χ0n) is 23.6. The van der Waals surface area contributed by atoms with Gasteiger partial charge in [-0.3, -0.25) is 9.78 Å². The largest absolute Gasteiger partial charge is 0.370 e. The molecule has 10 nitrogen and oxygen atoms in total. The van der Waals surface area contributed by atoms with Crippen molar-refractivity contribution in [3.05, 3.63) is 60.2 Å². The van der Waals surface area contributed by atoms with Gasteiger partial charge in [-0.25, -0.2) is 34.1 Å². The van der Waals surface area contributed by atoms with Gasteiger partial charge in [0, 0.05) is 42.4 Å². The zero-order valence-corrected chi connectivity index (χ0v) is 23.6. The van der Waals surface area contributed by atoms with Crippen LogP contribution in [0.1, 0.15) is 39.2 Å². The summed E-state index contributed by atoms with van der Waals surface area (Å²) >= 11 is 0. The lowest BCUT2D eigenvalue weighted by molar-refractivity contribution is -0.115. The quantitative estimate of drug-likeness (QED) is 0.306. The Morgan fingerprint density at radius 2 is 1.95 bits per heavy atom. The molecule has 1 fully saturated rings. The maximum atomic E-state index is 15.2. The monoisotopic (exact) mass is 574 g/mol. The van der Waals surface area contributed by atoms with Gasteiger partial charge in [-0.15, -0.1) is 0 Å². The second-order valence-corrected chi connectivity index (χ2v) is 11.6. The Kier molecular flexibility index (Phi) is 7.31. The Balaban J connectivity index is 1.17. The molecule has 1 amide bonds. The van der Waals surface area contributed by atoms with Gasteiger partial charge in [-0.2, -0.15) is 0 Å². The van der Waals surface area contributed by atoms with Crippen LogP contribution in [0.25, 0.3) is 33.8 Å². The molecule has 1 unspecified atom stereocenters. The number of amidine groups is 1. The fourth-order valence-electron chi connectivity index (χ4n) is 4.97. The normalized spacial score (nSPS) is 17.8. The predicted molar refractivity (Wildman–Crippen MR) is 156 cm³/mol. The standard InChI is InChI=1S/C30H32F2N8O2/c1-30(2,3)29-38-27(39-42-29)28(41)35-15-18-5-4-17(14-22(18)32)21-8-11-33-26-24(21)36-25(37-26)23-7-6-20(16-34-23)40-12-9-19(31)10-13-40/h4-8,11,14,16,19,29H,9-10,12-13,15H2,1-3H3,(H,35,41)(H,38,39)(H,33,36,37). The molecule has 42 heavy (non-hydrogen) atoms. The van der Waals surface area contributed by atoms with E-state index in [1.54, 1.807) is 30.6 Å². The van der Waals surface area contributed by atoms with Crippen LogP contribution in [0.4, 0.5) is 14.5 Å². The summed E-state index contributed by atoms with van der Waals surface area (Å²) in [5, 5.41) is 2.69. The lowest BCUT2D eigenvalue weighted by Gasteiger charge is -2.30. The number of hydrogen-bond acceptors (Lipinski definition) is 8. The molecule has 0 aliphatic carbocycles. The van der Waals surface area contributed by atoms with E-state index in [1.165, 1.54) is 6.07 Å². The molecule has 2 aliphatic rings. The molecule has 6 rings (SSSR count). The molecule has 0 saturated carbocycles. The van der Waals surface area contributed by atoms with Crippen LogP contribution in [0.3, 0.4) is 0 Å². The minimum Gasteiger partial charge on any atom is -0.370 e. The van der Waals surface area contributed by atoms with Gasteiger partial charge < -0.3 is 15.2 Å². The molecule has 0 spiro atoms. The number of fused-ring (bicyclic) bond motifs is 1. The number of aromatic nitrogens is 4. The number of piperidine rings is 1. The van der Waals surface area contributed by atoms with Crippen molar-refractivity contribution in [3.63, 3.8) is 0 Å². The number of rotatable bonds is 6. The summed E-state index contributed by atoms with van der Waals surface area (Å²) in [7, 11) is 0. The van der Waals surface area contributed by atoms with Crippen LogP contribution in [0.15, 0.2) is 53.8 Å². The van der Waals surface area contributed by atoms with Crippen LogP contribution < -0.4 is 15.7 Å². The number of pyridine rings is 2. The van der Waals surface area contributed by atoms with E-state index in [0.717, 1.165) is 11.3 Å². The molecular formula is C30H32F2N8O2. The number of hydroxylamine groups is 1. The third-order valence-corrected chi connectivity index (χ3v) is 7.45. The molecule has 1 saturated heterocycles. The molecule has 218 valence electrons. The van der Waals surface area contributed by atoms with Crippen molar-refractivity contribution in [2.75, 3.05) is 18.0 Å². The van der Waals surface area contributed by atoms with Crippen molar-refractivity contribution < 1.29 is 18.4 Å². The first-order valence-corrected chi connectivity index (χ1v) is 13.9. The van der Waals surface area contributed by atoms with Crippen LogP contribution >= 0.6 is 0 Å². The minimum atomic E-state index is -0.733. The topological polar surface area (TPSA) is 120 Å². The van der Waals surface area contributed by atoms with Gasteiger partial charge in [0.2, 0.25) is 5.84 Å². The Hall–Kier alpha value is -4.45. The SMILES string of the molecule is CC(C)(C)C1N=C(C(=O)NCc2ccc(-c3ccnc4nc(-c5ccc(N6CCC(F)CC6)cn5)[nH]c34)cc2F)NO1. The van der Waals surface area contributed by atoms with E-state index in [-0.39, 0.29) is 17.8 Å². The first kappa shape index (κ1) is 27.7. The van der Waals surface area contributed by atoms with Gasteiger partial charge in [-0.1, -0.05) is 32.9 Å². The average Bonchev–Trinajstić information content (AvgIpc) is 3.65. The number of alkyl halides is 1. The summed E-state index contributed by atoms with van der Waals surface area (Å²) in [6.45, 7) is 7.18. The van der Waals surface area contributed by atoms with E-state index in [9.17, 15) is 9.18 Å². The Morgan fingerprint density at radius 3 is 2.64 bits per heavy atom. The Bertz CT molecular complexity index is 1640. The van der Waals surface area contributed by atoms with Gasteiger partial charge >= 0.3 is 0 Å². The summed E-state index contributed by atoms with van der Waals surface area (Å²) in [5.74, 6) is -0.333. The molecule has 0 radical (unpaired) electrons. The van der Waals surface area contributed by atoms with Crippen molar-refractivity contribution >= 4 is 28.6 Å². The molecule has 3 aromatic heterocycles. The van der Waals surface area contributed by atoms with Crippen LogP contribution in [-0.4, -0.2) is 57.2 Å². The van der Waals surface area contributed by atoms with E-state index < -0.39 is 24.1 Å². The fourth-order valence-corrected chi connectivity index (χ4v) is 4.97. The molecule has 1 atom stereocenters. The third-order valence-electron chi connectivity index (χ3n) is 7.45. The summed E-state index contributed by atoms with van der Waals surface area (Å²) < 4.78 is 28.7. The summed E-state index contributed by atoms with van der Waals surface area (Å²) in [6.07, 6.45) is 3.22. The smallest absolute Gasteiger partial charge is 0.288 e. The van der Waals surface area contributed by atoms with Crippen molar-refractivity contribution in [2.45, 2.75) is 52.6 Å². The molecule has 0 bridgehead atoms. The second-order valence-electron chi connectivity index (χ2n) is 11.6. The highest BCUT2D eigenvalue weighted by Gasteiger charge is 2.32. The molecule has 4 aromatic rings.